The number of aliphatic carboxylic acids is 1. The Bertz CT molecular complexity index is 241. The van der Waals surface area contributed by atoms with Crippen molar-refractivity contribution in [3.05, 3.63) is 0 Å². The highest BCUT2D eigenvalue weighted by Gasteiger charge is 2.35. The Labute approximate surface area is 82.6 Å². The predicted octanol–water partition coefficient (Wildman–Crippen LogP) is 0.938. The Balaban J connectivity index is 2.70. The lowest BCUT2D eigenvalue weighted by Crippen LogP contribution is -2.49. The monoisotopic (exact) mass is 201 g/mol. The fraction of sp³-hybridized carbons (Fsp3) is 0.778. The van der Waals surface area contributed by atoms with E-state index in [9.17, 15) is 9.59 Å². The zero-order valence-electron chi connectivity index (χ0n) is 8.40. The van der Waals surface area contributed by atoms with Gasteiger partial charge in [-0.1, -0.05) is 0 Å². The molecular formula is C9H15NO4. The first-order valence-corrected chi connectivity index (χ1v) is 4.65. The van der Waals surface area contributed by atoms with E-state index in [2.05, 4.69) is 4.74 Å². The summed E-state index contributed by atoms with van der Waals surface area (Å²) in [6.45, 7) is 2.33. The van der Waals surface area contributed by atoms with Crippen LogP contribution in [0.2, 0.25) is 0 Å². The van der Waals surface area contributed by atoms with Crippen LogP contribution in [0.4, 0.5) is 4.79 Å². The van der Waals surface area contributed by atoms with E-state index in [-0.39, 0.29) is 6.04 Å². The van der Waals surface area contributed by atoms with Crippen LogP contribution >= 0.6 is 0 Å². The molecule has 0 aliphatic carbocycles. The quantitative estimate of drug-likeness (QED) is 0.685. The average Bonchev–Trinajstić information content (AvgIpc) is 2.16. The number of amides is 1. The summed E-state index contributed by atoms with van der Waals surface area (Å²) in [5.41, 5.74) is 0. The van der Waals surface area contributed by atoms with Crippen LogP contribution in [0.15, 0.2) is 0 Å². The molecule has 0 saturated carbocycles. The van der Waals surface area contributed by atoms with Gasteiger partial charge in [0.05, 0.1) is 13.0 Å². The van der Waals surface area contributed by atoms with Gasteiger partial charge in [0, 0.05) is 12.6 Å². The summed E-state index contributed by atoms with van der Waals surface area (Å²) in [7, 11) is 1.30. The van der Waals surface area contributed by atoms with E-state index in [0.717, 1.165) is 6.42 Å². The Morgan fingerprint density at radius 3 is 2.64 bits per heavy atom. The third-order valence-corrected chi connectivity index (χ3v) is 2.71. The van der Waals surface area contributed by atoms with Crippen LogP contribution in [0.5, 0.6) is 0 Å². The summed E-state index contributed by atoms with van der Waals surface area (Å²) < 4.78 is 4.58. The molecule has 1 saturated heterocycles. The standard InChI is InChI=1S/C9H15NO4/c1-6-7(8(11)12)4-3-5-10(6)9(13)14-2/h6-7H,3-5H2,1-2H3,(H,11,12). The summed E-state index contributed by atoms with van der Waals surface area (Å²) in [5, 5.41) is 8.90. The van der Waals surface area contributed by atoms with E-state index >= 15 is 0 Å². The van der Waals surface area contributed by atoms with Gasteiger partial charge in [-0.3, -0.25) is 4.79 Å². The van der Waals surface area contributed by atoms with E-state index in [0.29, 0.717) is 13.0 Å². The second-order valence-corrected chi connectivity index (χ2v) is 3.49. The van der Waals surface area contributed by atoms with Crippen molar-refractivity contribution in [3.63, 3.8) is 0 Å². The highest BCUT2D eigenvalue weighted by molar-refractivity contribution is 5.74. The Morgan fingerprint density at radius 1 is 1.50 bits per heavy atom. The van der Waals surface area contributed by atoms with Gasteiger partial charge in [0.2, 0.25) is 0 Å². The Morgan fingerprint density at radius 2 is 2.14 bits per heavy atom. The summed E-state index contributed by atoms with van der Waals surface area (Å²) >= 11 is 0. The van der Waals surface area contributed by atoms with Crippen LogP contribution in [0.25, 0.3) is 0 Å². The minimum Gasteiger partial charge on any atom is -0.481 e. The van der Waals surface area contributed by atoms with Crippen LogP contribution in [0.1, 0.15) is 19.8 Å². The Hall–Kier alpha value is -1.26. The molecule has 1 N–H and O–H groups in total. The van der Waals surface area contributed by atoms with Crippen LogP contribution in [-0.4, -0.2) is 41.8 Å². The zero-order chi connectivity index (χ0) is 10.7. The fourth-order valence-electron chi connectivity index (χ4n) is 1.85. The first-order valence-electron chi connectivity index (χ1n) is 4.65. The second kappa shape index (κ2) is 4.30. The molecule has 0 spiro atoms. The summed E-state index contributed by atoms with van der Waals surface area (Å²) in [6.07, 6.45) is 0.906. The maximum absolute atomic E-state index is 11.3. The van der Waals surface area contributed by atoms with Gasteiger partial charge in [0.25, 0.3) is 0 Å². The van der Waals surface area contributed by atoms with Gasteiger partial charge in [-0.2, -0.15) is 0 Å². The van der Waals surface area contributed by atoms with Crippen LogP contribution < -0.4 is 0 Å². The van der Waals surface area contributed by atoms with E-state index in [1.807, 2.05) is 0 Å². The third kappa shape index (κ3) is 1.97. The normalized spacial score (nSPS) is 27.1. The molecule has 0 aromatic rings. The summed E-state index contributed by atoms with van der Waals surface area (Å²) in [6, 6.07) is -0.284. The number of carboxylic acids is 1. The van der Waals surface area contributed by atoms with E-state index in [4.69, 9.17) is 5.11 Å². The van der Waals surface area contributed by atoms with Gasteiger partial charge < -0.3 is 14.7 Å². The van der Waals surface area contributed by atoms with Gasteiger partial charge in [-0.25, -0.2) is 4.79 Å². The van der Waals surface area contributed by atoms with Gasteiger partial charge in [0.15, 0.2) is 0 Å². The van der Waals surface area contributed by atoms with Crippen molar-refractivity contribution in [2.24, 2.45) is 5.92 Å². The number of likely N-dealkylation sites (tertiary alicyclic amines) is 1. The van der Waals surface area contributed by atoms with Crippen LogP contribution in [0.3, 0.4) is 0 Å². The molecule has 0 aromatic carbocycles. The highest BCUT2D eigenvalue weighted by atomic mass is 16.5. The number of carbonyl (C=O) groups excluding carboxylic acids is 1. The van der Waals surface area contributed by atoms with Gasteiger partial charge in [-0.15, -0.1) is 0 Å². The maximum atomic E-state index is 11.3. The topological polar surface area (TPSA) is 66.8 Å². The molecule has 5 heteroatoms. The number of nitrogens with zero attached hydrogens (tertiary/aromatic N) is 1. The van der Waals surface area contributed by atoms with Crippen molar-refractivity contribution in [2.45, 2.75) is 25.8 Å². The van der Waals surface area contributed by atoms with Crippen LogP contribution in [0, 0.1) is 5.92 Å². The third-order valence-electron chi connectivity index (χ3n) is 2.71. The molecule has 0 radical (unpaired) electrons. The maximum Gasteiger partial charge on any atom is 0.409 e. The molecule has 1 aliphatic rings. The molecule has 2 atom stereocenters. The molecule has 1 aliphatic heterocycles. The van der Waals surface area contributed by atoms with Gasteiger partial charge >= 0.3 is 12.1 Å². The smallest absolute Gasteiger partial charge is 0.409 e. The summed E-state index contributed by atoms with van der Waals surface area (Å²) in [4.78, 5) is 23.6. The molecule has 80 valence electrons. The zero-order valence-corrected chi connectivity index (χ0v) is 8.40. The number of hydrogen-bond donors (Lipinski definition) is 1. The second-order valence-electron chi connectivity index (χ2n) is 3.49. The Kier molecular flexibility index (Phi) is 3.33. The van der Waals surface area contributed by atoms with Crippen molar-refractivity contribution >= 4 is 12.1 Å². The molecule has 5 nitrogen and oxygen atoms in total. The average molecular weight is 201 g/mol. The molecule has 0 bridgehead atoms. The number of carboxylic acid groups (broad SMARTS) is 1. The van der Waals surface area contributed by atoms with Crippen molar-refractivity contribution in [1.82, 2.24) is 4.90 Å². The minimum absolute atomic E-state index is 0.284. The molecule has 1 heterocycles. The van der Waals surface area contributed by atoms with E-state index in [1.54, 1.807) is 6.92 Å². The van der Waals surface area contributed by atoms with E-state index in [1.165, 1.54) is 12.0 Å². The molecule has 1 amide bonds. The number of carbonyl (C=O) groups is 2. The number of methoxy groups -OCH3 is 1. The number of rotatable bonds is 1. The molecule has 2 unspecified atom stereocenters. The highest BCUT2D eigenvalue weighted by Crippen LogP contribution is 2.24. The van der Waals surface area contributed by atoms with Crippen molar-refractivity contribution in [1.29, 1.82) is 0 Å². The van der Waals surface area contributed by atoms with Crippen molar-refractivity contribution in [3.8, 4) is 0 Å². The van der Waals surface area contributed by atoms with Crippen molar-refractivity contribution < 1.29 is 19.4 Å². The lowest BCUT2D eigenvalue weighted by molar-refractivity contribution is -0.145. The van der Waals surface area contributed by atoms with Gasteiger partial charge in [-0.05, 0) is 19.8 Å². The SMILES string of the molecule is COC(=O)N1CCCC(C(=O)O)C1C. The number of ether oxygens (including phenoxy) is 1. The van der Waals surface area contributed by atoms with Crippen molar-refractivity contribution in [2.75, 3.05) is 13.7 Å². The van der Waals surface area contributed by atoms with Gasteiger partial charge in [0.1, 0.15) is 0 Å². The minimum atomic E-state index is -0.842. The molecule has 14 heavy (non-hydrogen) atoms. The number of hydrogen-bond acceptors (Lipinski definition) is 3. The first kappa shape index (κ1) is 10.8. The largest absolute Gasteiger partial charge is 0.481 e. The molecule has 0 aromatic heterocycles. The summed E-state index contributed by atoms with van der Waals surface area (Å²) in [5.74, 6) is -1.31. The molecule has 1 rings (SSSR count). The van der Waals surface area contributed by atoms with Crippen LogP contribution in [-0.2, 0) is 9.53 Å². The molecule has 1 fully saturated rings. The lowest BCUT2D eigenvalue weighted by Gasteiger charge is -2.36. The fourth-order valence-corrected chi connectivity index (χ4v) is 1.85. The first-order chi connectivity index (χ1) is 6.57. The number of piperidine rings is 1. The predicted molar refractivity (Wildman–Crippen MR) is 48.9 cm³/mol. The molecular weight excluding hydrogens is 186 g/mol. The lowest BCUT2D eigenvalue weighted by atomic mass is 9.91. The van der Waals surface area contributed by atoms with E-state index < -0.39 is 18.0 Å².